The first kappa shape index (κ1) is 19.3. The molecule has 0 aromatic heterocycles. The van der Waals surface area contributed by atoms with E-state index in [1.54, 1.807) is 6.07 Å². The van der Waals surface area contributed by atoms with Crippen LogP contribution in [0, 0.1) is 17.8 Å². The highest BCUT2D eigenvalue weighted by molar-refractivity contribution is 5.85. The first-order valence-electron chi connectivity index (χ1n) is 12.3. The van der Waals surface area contributed by atoms with E-state index >= 15 is 0 Å². The number of fused-ring (bicyclic) bond motifs is 1. The molecule has 1 aromatic rings. The predicted molar refractivity (Wildman–Crippen MR) is 115 cm³/mol. The normalized spacial score (nSPS) is 39.0. The van der Waals surface area contributed by atoms with E-state index < -0.39 is 11.0 Å². The average Bonchev–Trinajstić information content (AvgIpc) is 3.38. The lowest BCUT2D eigenvalue weighted by molar-refractivity contribution is -0.183. The van der Waals surface area contributed by atoms with Crippen LogP contribution in [-0.4, -0.2) is 45.6 Å². The van der Waals surface area contributed by atoms with Crippen molar-refractivity contribution >= 4 is 5.78 Å². The van der Waals surface area contributed by atoms with Crippen LogP contribution in [0.4, 0.5) is 0 Å². The van der Waals surface area contributed by atoms with Crippen molar-refractivity contribution in [3.05, 3.63) is 29.3 Å². The predicted octanol–water partition coefficient (Wildman–Crippen LogP) is 3.96. The van der Waals surface area contributed by atoms with Crippen molar-refractivity contribution < 1.29 is 15.0 Å². The molecule has 162 valence electrons. The Labute approximate surface area is 179 Å². The van der Waals surface area contributed by atoms with E-state index in [4.69, 9.17) is 0 Å². The molecule has 0 unspecified atom stereocenters. The fourth-order valence-electron chi connectivity index (χ4n) is 7.70. The number of benzene rings is 1. The van der Waals surface area contributed by atoms with Crippen molar-refractivity contribution in [2.75, 3.05) is 13.1 Å². The molecule has 4 atom stereocenters. The van der Waals surface area contributed by atoms with Crippen molar-refractivity contribution in [2.45, 2.75) is 87.7 Å². The Morgan fingerprint density at radius 2 is 1.90 bits per heavy atom. The molecule has 30 heavy (non-hydrogen) atoms. The minimum Gasteiger partial charge on any atom is -0.508 e. The van der Waals surface area contributed by atoms with Crippen LogP contribution in [0.15, 0.2) is 18.2 Å². The maximum atomic E-state index is 13.5. The first-order valence-corrected chi connectivity index (χ1v) is 12.3. The average molecular weight is 410 g/mol. The largest absolute Gasteiger partial charge is 0.508 e. The van der Waals surface area contributed by atoms with Crippen molar-refractivity contribution in [3.63, 3.8) is 0 Å². The van der Waals surface area contributed by atoms with E-state index in [2.05, 4.69) is 4.90 Å². The number of hydrogen-bond acceptors (Lipinski definition) is 4. The number of Topliss-reactive ketones (excluding diaryl/α,β-unsaturated/α-hetero) is 1. The molecular formula is C26H35NO3. The number of likely N-dealkylation sites (tertiary alicyclic amines) is 1. The Hall–Kier alpha value is -1.39. The third kappa shape index (κ3) is 2.82. The Bertz CT molecular complexity index is 858. The molecule has 0 radical (unpaired) electrons. The Morgan fingerprint density at radius 1 is 1.10 bits per heavy atom. The van der Waals surface area contributed by atoms with Gasteiger partial charge in [0.25, 0.3) is 0 Å². The van der Waals surface area contributed by atoms with Crippen LogP contribution in [0.2, 0.25) is 0 Å². The maximum absolute atomic E-state index is 13.5. The van der Waals surface area contributed by atoms with Gasteiger partial charge in [-0.15, -0.1) is 0 Å². The molecule has 4 fully saturated rings. The second-order valence-corrected chi connectivity index (χ2v) is 11.2. The van der Waals surface area contributed by atoms with Crippen LogP contribution in [0.5, 0.6) is 5.75 Å². The van der Waals surface area contributed by atoms with Gasteiger partial charge in [-0.2, -0.15) is 0 Å². The molecule has 6 rings (SSSR count). The Kier molecular flexibility index (Phi) is 4.38. The van der Waals surface area contributed by atoms with Crippen LogP contribution in [0.1, 0.15) is 75.3 Å². The molecule has 2 bridgehead atoms. The third-order valence-electron chi connectivity index (χ3n) is 9.44. The van der Waals surface area contributed by atoms with Gasteiger partial charge < -0.3 is 10.2 Å². The number of phenolic OH excluding ortho intramolecular Hbond substituents is 1. The number of aliphatic hydroxyl groups is 1. The zero-order valence-corrected chi connectivity index (χ0v) is 18.0. The lowest BCUT2D eigenvalue weighted by atomic mass is 9.47. The first-order chi connectivity index (χ1) is 14.5. The van der Waals surface area contributed by atoms with Crippen LogP contribution >= 0.6 is 0 Å². The lowest BCUT2D eigenvalue weighted by Crippen LogP contribution is -2.74. The summed E-state index contributed by atoms with van der Waals surface area (Å²) in [5, 5.41) is 22.8. The highest BCUT2D eigenvalue weighted by Crippen LogP contribution is 2.59. The monoisotopic (exact) mass is 409 g/mol. The molecule has 1 saturated heterocycles. The van der Waals surface area contributed by atoms with Gasteiger partial charge in [-0.1, -0.05) is 31.7 Å². The van der Waals surface area contributed by atoms with Crippen LogP contribution < -0.4 is 0 Å². The summed E-state index contributed by atoms with van der Waals surface area (Å²) in [7, 11) is 0. The summed E-state index contributed by atoms with van der Waals surface area (Å²) >= 11 is 0. The van der Waals surface area contributed by atoms with E-state index in [1.165, 1.54) is 44.1 Å². The second kappa shape index (κ2) is 6.80. The van der Waals surface area contributed by atoms with Crippen LogP contribution in [-0.2, 0) is 16.6 Å². The number of aromatic hydroxyl groups is 1. The number of rotatable bonds is 4. The maximum Gasteiger partial charge on any atom is 0.137 e. The van der Waals surface area contributed by atoms with Gasteiger partial charge in [0.05, 0.1) is 5.60 Å². The molecule has 4 heteroatoms. The van der Waals surface area contributed by atoms with Gasteiger partial charge in [-0.05, 0) is 80.2 Å². The van der Waals surface area contributed by atoms with Crippen LogP contribution in [0.25, 0.3) is 0 Å². The summed E-state index contributed by atoms with van der Waals surface area (Å²) in [5.41, 5.74) is 0.899. The van der Waals surface area contributed by atoms with Gasteiger partial charge in [0.1, 0.15) is 11.5 Å². The minimum atomic E-state index is -0.863. The third-order valence-corrected chi connectivity index (χ3v) is 9.44. The summed E-state index contributed by atoms with van der Waals surface area (Å²) in [6, 6.07) is 5.77. The highest BCUT2D eigenvalue weighted by atomic mass is 16.3. The molecule has 1 aliphatic heterocycles. The van der Waals surface area contributed by atoms with Crippen LogP contribution in [0.3, 0.4) is 0 Å². The number of hydrogen-bond donors (Lipinski definition) is 2. The number of carbonyl (C=O) groups is 1. The van der Waals surface area contributed by atoms with Gasteiger partial charge in [0.15, 0.2) is 0 Å². The fourth-order valence-corrected chi connectivity index (χ4v) is 7.70. The summed E-state index contributed by atoms with van der Waals surface area (Å²) < 4.78 is 0. The smallest absolute Gasteiger partial charge is 0.137 e. The van der Waals surface area contributed by atoms with E-state index in [9.17, 15) is 15.0 Å². The second-order valence-electron chi connectivity index (χ2n) is 11.2. The Balaban J connectivity index is 1.40. The molecule has 2 N–H and O–H groups in total. The molecule has 4 aliphatic carbocycles. The number of carbonyl (C=O) groups excluding carboxylic acids is 1. The van der Waals surface area contributed by atoms with Gasteiger partial charge in [0.2, 0.25) is 0 Å². The van der Waals surface area contributed by atoms with E-state index in [0.29, 0.717) is 24.5 Å². The van der Waals surface area contributed by atoms with Crippen molar-refractivity contribution in [3.8, 4) is 5.75 Å². The SMILES string of the molecule is O=C1C[C@]23CCN(CC4CC4)[C@H](Cc4ccc(O)cc42)[C@]3(O)C[C@@H]1CC1CCCC1. The zero-order chi connectivity index (χ0) is 20.5. The van der Waals surface area contributed by atoms with Gasteiger partial charge in [0, 0.05) is 30.3 Å². The van der Waals surface area contributed by atoms with Crippen molar-refractivity contribution in [1.82, 2.24) is 4.90 Å². The van der Waals surface area contributed by atoms with Gasteiger partial charge in [-0.25, -0.2) is 0 Å². The molecule has 0 amide bonds. The summed E-state index contributed by atoms with van der Waals surface area (Å²) in [6.07, 6.45) is 11.4. The van der Waals surface area contributed by atoms with E-state index in [-0.39, 0.29) is 17.7 Å². The minimum absolute atomic E-state index is 0.00783. The fraction of sp³-hybridized carbons (Fsp3) is 0.731. The Morgan fingerprint density at radius 3 is 2.67 bits per heavy atom. The van der Waals surface area contributed by atoms with Crippen molar-refractivity contribution in [1.29, 1.82) is 0 Å². The van der Waals surface area contributed by atoms with Gasteiger partial charge in [-0.3, -0.25) is 9.69 Å². The number of nitrogens with zero attached hydrogens (tertiary/aromatic N) is 1. The molecular weight excluding hydrogens is 374 g/mol. The molecule has 5 aliphatic rings. The molecule has 3 saturated carbocycles. The molecule has 1 heterocycles. The van der Waals surface area contributed by atoms with E-state index in [1.807, 2.05) is 12.1 Å². The lowest BCUT2D eigenvalue weighted by Gasteiger charge is -2.64. The number of piperidine rings is 1. The van der Waals surface area contributed by atoms with E-state index in [0.717, 1.165) is 43.8 Å². The summed E-state index contributed by atoms with van der Waals surface area (Å²) in [6.45, 7) is 2.05. The topological polar surface area (TPSA) is 60.8 Å². The molecule has 4 nitrogen and oxygen atoms in total. The highest BCUT2D eigenvalue weighted by Gasteiger charge is 2.66. The standard InChI is InChI=1S/C26H35NO3/c28-21-8-7-19-12-24-26(30)14-20(11-17-3-1-2-4-17)23(29)15-25(26,22(19)13-21)9-10-27(24)16-18-5-6-18/h7-8,13,17-18,20,24,28,30H,1-6,9-12,14-16H2/t20-,24+,25+,26+/m0/s1. The number of phenols is 1. The molecule has 1 aromatic carbocycles. The quantitative estimate of drug-likeness (QED) is 0.790. The summed E-state index contributed by atoms with van der Waals surface area (Å²) in [5.74, 6) is 2.08. The van der Waals surface area contributed by atoms with Crippen molar-refractivity contribution in [2.24, 2.45) is 17.8 Å². The number of ketones is 1. The summed E-state index contributed by atoms with van der Waals surface area (Å²) in [4.78, 5) is 16.0. The van der Waals surface area contributed by atoms with Gasteiger partial charge >= 0.3 is 0 Å². The zero-order valence-electron chi connectivity index (χ0n) is 18.0. The molecule has 0 spiro atoms.